The number of hydrogen-bond acceptors (Lipinski definition) is 3. The molecule has 0 unspecified atom stereocenters. The van der Waals surface area contributed by atoms with Crippen molar-refractivity contribution in [2.75, 3.05) is 30.9 Å². The van der Waals surface area contributed by atoms with E-state index >= 15 is 0 Å². The summed E-state index contributed by atoms with van der Waals surface area (Å²) < 4.78 is 0. The molecule has 0 radical (unpaired) electrons. The number of hydrogen-bond donors (Lipinski definition) is 1. The highest BCUT2D eigenvalue weighted by molar-refractivity contribution is 5.64. The van der Waals surface area contributed by atoms with Crippen molar-refractivity contribution < 1.29 is 0 Å². The van der Waals surface area contributed by atoms with Crippen LogP contribution in [0.4, 0.5) is 11.5 Å². The fraction of sp³-hybridized carbons (Fsp3) is 0.667. The van der Waals surface area contributed by atoms with Gasteiger partial charge in [-0.15, -0.1) is 0 Å². The van der Waals surface area contributed by atoms with Crippen LogP contribution in [0.25, 0.3) is 0 Å². The summed E-state index contributed by atoms with van der Waals surface area (Å²) in [5.41, 5.74) is 1.15. The Balaban J connectivity index is 1.82. The van der Waals surface area contributed by atoms with E-state index in [1.165, 1.54) is 38.5 Å². The van der Waals surface area contributed by atoms with Gasteiger partial charge in [-0.3, -0.25) is 0 Å². The van der Waals surface area contributed by atoms with E-state index in [-0.39, 0.29) is 0 Å². The zero-order valence-corrected chi connectivity index (χ0v) is 11.7. The Morgan fingerprint density at radius 3 is 2.78 bits per heavy atom. The molecule has 0 aromatic carbocycles. The summed E-state index contributed by atoms with van der Waals surface area (Å²) in [5, 5.41) is 3.54. The minimum atomic E-state index is 0.936. The summed E-state index contributed by atoms with van der Waals surface area (Å²) in [6.45, 7) is 1.07. The normalized spacial score (nSPS) is 16.6. The summed E-state index contributed by atoms with van der Waals surface area (Å²) >= 11 is 0. The average molecular weight is 247 g/mol. The van der Waals surface area contributed by atoms with Gasteiger partial charge in [-0.2, -0.15) is 0 Å². The van der Waals surface area contributed by atoms with E-state index in [0.29, 0.717) is 0 Å². The maximum atomic E-state index is 4.41. The molecule has 1 aromatic rings. The zero-order chi connectivity index (χ0) is 12.8. The first-order chi connectivity index (χ1) is 8.77. The van der Waals surface area contributed by atoms with Gasteiger partial charge in [0, 0.05) is 26.8 Å². The molecule has 1 aromatic heterocycles. The molecule has 3 heteroatoms. The third-order valence-electron chi connectivity index (χ3n) is 3.80. The Hall–Kier alpha value is -1.25. The predicted molar refractivity (Wildman–Crippen MR) is 78.2 cm³/mol. The molecule has 1 N–H and O–H groups in total. The molecule has 18 heavy (non-hydrogen) atoms. The summed E-state index contributed by atoms with van der Waals surface area (Å²) in [7, 11) is 4.07. The molecule has 1 aliphatic rings. The number of rotatable bonds is 5. The molecule has 1 fully saturated rings. The smallest absolute Gasteiger partial charge is 0.151 e. The van der Waals surface area contributed by atoms with Crippen LogP contribution in [0.15, 0.2) is 18.3 Å². The lowest BCUT2D eigenvalue weighted by Gasteiger charge is -2.22. The van der Waals surface area contributed by atoms with E-state index in [2.05, 4.69) is 21.3 Å². The molecule has 2 rings (SSSR count). The van der Waals surface area contributed by atoms with Gasteiger partial charge in [-0.25, -0.2) is 4.98 Å². The lowest BCUT2D eigenvalue weighted by molar-refractivity contribution is 0.345. The van der Waals surface area contributed by atoms with Gasteiger partial charge in [0.2, 0.25) is 0 Å². The molecule has 1 aliphatic carbocycles. The number of anilines is 2. The molecule has 100 valence electrons. The standard InChI is InChI=1S/C15H25N3/c1-18(2)15-14(9-6-11-17-15)16-12-10-13-7-4-3-5-8-13/h6,9,11,13,16H,3-5,7-8,10,12H2,1-2H3. The maximum Gasteiger partial charge on any atom is 0.151 e. The Bertz CT molecular complexity index is 357. The highest BCUT2D eigenvalue weighted by Gasteiger charge is 2.13. The number of nitrogens with zero attached hydrogens (tertiary/aromatic N) is 2. The van der Waals surface area contributed by atoms with Crippen LogP contribution >= 0.6 is 0 Å². The van der Waals surface area contributed by atoms with Crippen molar-refractivity contribution in [1.82, 2.24) is 4.98 Å². The summed E-state index contributed by atoms with van der Waals surface area (Å²) in [4.78, 5) is 6.47. The summed E-state index contributed by atoms with van der Waals surface area (Å²) in [5.74, 6) is 1.96. The van der Waals surface area contributed by atoms with Crippen LogP contribution < -0.4 is 10.2 Å². The van der Waals surface area contributed by atoms with Gasteiger partial charge in [0.1, 0.15) is 0 Å². The fourth-order valence-corrected chi connectivity index (χ4v) is 2.78. The van der Waals surface area contributed by atoms with Crippen molar-refractivity contribution >= 4 is 11.5 Å². The molecule has 0 amide bonds. The largest absolute Gasteiger partial charge is 0.382 e. The molecular formula is C15H25N3. The molecule has 0 atom stereocenters. The Kier molecular flexibility index (Phi) is 4.85. The average Bonchev–Trinajstić information content (AvgIpc) is 2.40. The second-order valence-corrected chi connectivity index (χ2v) is 5.49. The highest BCUT2D eigenvalue weighted by Crippen LogP contribution is 2.27. The van der Waals surface area contributed by atoms with E-state index < -0.39 is 0 Å². The van der Waals surface area contributed by atoms with Crippen molar-refractivity contribution in [2.45, 2.75) is 38.5 Å². The molecule has 0 aliphatic heterocycles. The van der Waals surface area contributed by atoms with Crippen LogP contribution in [0.1, 0.15) is 38.5 Å². The Morgan fingerprint density at radius 2 is 2.06 bits per heavy atom. The van der Waals surface area contributed by atoms with Gasteiger partial charge < -0.3 is 10.2 Å². The molecule has 0 spiro atoms. The van der Waals surface area contributed by atoms with Crippen LogP contribution in [0.3, 0.4) is 0 Å². The monoisotopic (exact) mass is 247 g/mol. The van der Waals surface area contributed by atoms with E-state index in [0.717, 1.165) is 24.0 Å². The van der Waals surface area contributed by atoms with E-state index in [1.54, 1.807) is 0 Å². The fourth-order valence-electron chi connectivity index (χ4n) is 2.78. The maximum absolute atomic E-state index is 4.41. The van der Waals surface area contributed by atoms with Crippen molar-refractivity contribution in [3.63, 3.8) is 0 Å². The molecule has 1 saturated carbocycles. The minimum absolute atomic E-state index is 0.936. The third-order valence-corrected chi connectivity index (χ3v) is 3.80. The van der Waals surface area contributed by atoms with Gasteiger partial charge in [-0.05, 0) is 24.5 Å². The Labute approximate surface area is 111 Å². The van der Waals surface area contributed by atoms with Crippen molar-refractivity contribution in [3.8, 4) is 0 Å². The van der Waals surface area contributed by atoms with Crippen molar-refractivity contribution in [2.24, 2.45) is 5.92 Å². The van der Waals surface area contributed by atoms with Crippen LogP contribution in [0.5, 0.6) is 0 Å². The first-order valence-corrected chi connectivity index (χ1v) is 7.13. The van der Waals surface area contributed by atoms with Gasteiger partial charge in [-0.1, -0.05) is 32.1 Å². The number of pyridine rings is 1. The molecule has 0 saturated heterocycles. The third kappa shape index (κ3) is 3.62. The van der Waals surface area contributed by atoms with Crippen LogP contribution in [0.2, 0.25) is 0 Å². The highest BCUT2D eigenvalue weighted by atomic mass is 15.2. The van der Waals surface area contributed by atoms with Crippen LogP contribution in [-0.2, 0) is 0 Å². The van der Waals surface area contributed by atoms with E-state index in [1.807, 2.05) is 26.4 Å². The lowest BCUT2D eigenvalue weighted by Crippen LogP contribution is -2.16. The lowest BCUT2D eigenvalue weighted by atomic mass is 9.87. The van der Waals surface area contributed by atoms with Crippen LogP contribution in [0, 0.1) is 5.92 Å². The number of nitrogens with one attached hydrogen (secondary N) is 1. The van der Waals surface area contributed by atoms with Crippen LogP contribution in [-0.4, -0.2) is 25.6 Å². The Morgan fingerprint density at radius 1 is 1.28 bits per heavy atom. The molecule has 3 nitrogen and oxygen atoms in total. The SMILES string of the molecule is CN(C)c1ncccc1NCCC1CCCCC1. The summed E-state index contributed by atoms with van der Waals surface area (Å²) in [6, 6.07) is 4.11. The first kappa shape index (κ1) is 13.2. The van der Waals surface area contributed by atoms with Gasteiger partial charge in [0.05, 0.1) is 5.69 Å². The van der Waals surface area contributed by atoms with Crippen molar-refractivity contribution in [1.29, 1.82) is 0 Å². The van der Waals surface area contributed by atoms with Gasteiger partial charge in [0.25, 0.3) is 0 Å². The second kappa shape index (κ2) is 6.62. The second-order valence-electron chi connectivity index (χ2n) is 5.49. The van der Waals surface area contributed by atoms with Gasteiger partial charge in [0.15, 0.2) is 5.82 Å². The van der Waals surface area contributed by atoms with Gasteiger partial charge >= 0.3 is 0 Å². The molecular weight excluding hydrogens is 222 g/mol. The molecule has 0 bridgehead atoms. The predicted octanol–water partition coefficient (Wildman–Crippen LogP) is 3.53. The molecule has 1 heterocycles. The minimum Gasteiger partial charge on any atom is -0.382 e. The zero-order valence-electron chi connectivity index (χ0n) is 11.7. The van der Waals surface area contributed by atoms with E-state index in [4.69, 9.17) is 0 Å². The number of aromatic nitrogens is 1. The van der Waals surface area contributed by atoms with Crippen molar-refractivity contribution in [3.05, 3.63) is 18.3 Å². The topological polar surface area (TPSA) is 28.2 Å². The first-order valence-electron chi connectivity index (χ1n) is 7.13. The quantitative estimate of drug-likeness (QED) is 0.862. The van der Waals surface area contributed by atoms with E-state index in [9.17, 15) is 0 Å². The summed E-state index contributed by atoms with van der Waals surface area (Å²) in [6.07, 6.45) is 10.3.